The lowest BCUT2D eigenvalue weighted by molar-refractivity contribution is -0.109. The molecule has 4 heteroatoms. The average molecular weight is 277 g/mol. The molecule has 110 valence electrons. The summed E-state index contributed by atoms with van der Waals surface area (Å²) in [5.74, 6) is 0.365. The summed E-state index contributed by atoms with van der Waals surface area (Å²) >= 11 is 0. The summed E-state index contributed by atoms with van der Waals surface area (Å²) in [4.78, 5) is 22.9. The molecule has 1 aromatic rings. The number of ether oxygens (including phenoxy) is 1. The molecule has 1 atom stereocenters. The Morgan fingerprint density at radius 1 is 1.25 bits per heavy atom. The third-order valence-corrected chi connectivity index (χ3v) is 2.74. The van der Waals surface area contributed by atoms with Crippen molar-refractivity contribution >= 4 is 12.4 Å². The van der Waals surface area contributed by atoms with Crippen LogP contribution in [0.15, 0.2) is 24.3 Å². The topological polar surface area (TPSA) is 55.4 Å². The number of nitrogens with one attached hydrogen (secondary N) is 1. The van der Waals surface area contributed by atoms with E-state index >= 15 is 0 Å². The van der Waals surface area contributed by atoms with Crippen LogP contribution in [0.2, 0.25) is 0 Å². The Balaban J connectivity index is 2.83. The van der Waals surface area contributed by atoms with Crippen LogP contribution in [-0.2, 0) is 9.53 Å². The van der Waals surface area contributed by atoms with Crippen molar-refractivity contribution in [2.24, 2.45) is 0 Å². The van der Waals surface area contributed by atoms with Crippen molar-refractivity contribution in [3.05, 3.63) is 35.4 Å². The highest BCUT2D eigenvalue weighted by atomic mass is 16.6. The summed E-state index contributed by atoms with van der Waals surface area (Å²) in [5, 5.41) is 2.58. The predicted molar refractivity (Wildman–Crippen MR) is 78.7 cm³/mol. The maximum absolute atomic E-state index is 11.7. The monoisotopic (exact) mass is 277 g/mol. The molecule has 1 unspecified atom stereocenters. The van der Waals surface area contributed by atoms with Crippen molar-refractivity contribution in [3.8, 4) is 0 Å². The number of aldehydes is 1. The molecule has 0 fully saturated rings. The van der Waals surface area contributed by atoms with Crippen LogP contribution in [0, 0.1) is 0 Å². The number of carbonyl (C=O) groups excluding carboxylic acids is 2. The van der Waals surface area contributed by atoms with Crippen molar-refractivity contribution in [2.45, 2.75) is 52.2 Å². The molecule has 0 bridgehead atoms. The zero-order chi connectivity index (χ0) is 15.3. The molecular formula is C16H23NO3. The minimum Gasteiger partial charge on any atom is -0.444 e. The highest BCUT2D eigenvalue weighted by Crippen LogP contribution is 2.19. The standard InChI is InChI=1S/C16H23NO3/c1-11(2)12-7-6-8-13(9-12)14(10-18)17-15(19)20-16(3,4)5/h6-11,14H,1-5H3,(H,17,19). The first-order valence-corrected chi connectivity index (χ1v) is 6.77. The van der Waals surface area contributed by atoms with Gasteiger partial charge in [-0.2, -0.15) is 0 Å². The Kier molecular flexibility index (Phi) is 5.31. The van der Waals surface area contributed by atoms with Gasteiger partial charge in [0.2, 0.25) is 0 Å². The second kappa shape index (κ2) is 6.55. The van der Waals surface area contributed by atoms with Crippen LogP contribution >= 0.6 is 0 Å². The van der Waals surface area contributed by atoms with Crippen LogP contribution in [0.1, 0.15) is 57.7 Å². The van der Waals surface area contributed by atoms with Crippen LogP contribution in [-0.4, -0.2) is 18.0 Å². The molecule has 1 rings (SSSR count). The smallest absolute Gasteiger partial charge is 0.408 e. The van der Waals surface area contributed by atoms with E-state index in [1.54, 1.807) is 20.8 Å². The van der Waals surface area contributed by atoms with Gasteiger partial charge in [-0.15, -0.1) is 0 Å². The molecule has 0 aliphatic carbocycles. The number of carbonyl (C=O) groups is 2. The molecule has 0 radical (unpaired) electrons. The summed E-state index contributed by atoms with van der Waals surface area (Å²) < 4.78 is 5.16. The van der Waals surface area contributed by atoms with Gasteiger partial charge in [0.1, 0.15) is 17.9 Å². The van der Waals surface area contributed by atoms with Gasteiger partial charge in [-0.1, -0.05) is 38.1 Å². The van der Waals surface area contributed by atoms with Gasteiger partial charge in [-0.3, -0.25) is 0 Å². The van der Waals surface area contributed by atoms with Crippen LogP contribution in [0.5, 0.6) is 0 Å². The van der Waals surface area contributed by atoms with Crippen molar-refractivity contribution in [2.75, 3.05) is 0 Å². The minimum atomic E-state index is -0.691. The third kappa shape index (κ3) is 5.03. The fraction of sp³-hybridized carbons (Fsp3) is 0.500. The summed E-state index contributed by atoms with van der Waals surface area (Å²) in [5.41, 5.74) is 1.30. The van der Waals surface area contributed by atoms with Crippen LogP contribution in [0.3, 0.4) is 0 Å². The van der Waals surface area contributed by atoms with Gasteiger partial charge in [0.25, 0.3) is 0 Å². The molecule has 0 saturated carbocycles. The summed E-state index contributed by atoms with van der Waals surface area (Å²) in [7, 11) is 0. The zero-order valence-corrected chi connectivity index (χ0v) is 12.8. The quantitative estimate of drug-likeness (QED) is 0.856. The first-order valence-electron chi connectivity index (χ1n) is 6.77. The van der Waals surface area contributed by atoms with Gasteiger partial charge in [-0.05, 0) is 37.8 Å². The molecule has 0 aliphatic heterocycles. The predicted octanol–water partition coefficient (Wildman–Crippen LogP) is 3.57. The van der Waals surface area contributed by atoms with Crippen molar-refractivity contribution in [3.63, 3.8) is 0 Å². The third-order valence-electron chi connectivity index (χ3n) is 2.74. The van der Waals surface area contributed by atoms with E-state index in [1.807, 2.05) is 24.3 Å². The number of alkyl carbamates (subject to hydrolysis) is 1. The van der Waals surface area contributed by atoms with Crippen molar-refractivity contribution in [1.29, 1.82) is 0 Å². The minimum absolute atomic E-state index is 0.365. The van der Waals surface area contributed by atoms with Gasteiger partial charge in [0.05, 0.1) is 0 Å². The van der Waals surface area contributed by atoms with Crippen LogP contribution in [0.25, 0.3) is 0 Å². The van der Waals surface area contributed by atoms with E-state index in [4.69, 9.17) is 4.74 Å². The molecule has 1 aromatic carbocycles. The first-order chi connectivity index (χ1) is 9.23. The maximum Gasteiger partial charge on any atom is 0.408 e. The second-order valence-corrected chi connectivity index (χ2v) is 6.08. The van der Waals surface area contributed by atoms with E-state index in [2.05, 4.69) is 19.2 Å². The van der Waals surface area contributed by atoms with E-state index in [1.165, 1.54) is 0 Å². The van der Waals surface area contributed by atoms with Gasteiger partial charge >= 0.3 is 6.09 Å². The lowest BCUT2D eigenvalue weighted by Crippen LogP contribution is -2.35. The largest absolute Gasteiger partial charge is 0.444 e. The molecule has 0 saturated heterocycles. The Morgan fingerprint density at radius 3 is 2.35 bits per heavy atom. The van der Waals surface area contributed by atoms with E-state index in [9.17, 15) is 9.59 Å². The molecule has 0 heterocycles. The van der Waals surface area contributed by atoms with E-state index < -0.39 is 17.7 Å². The Bertz CT molecular complexity index is 475. The molecule has 0 aromatic heterocycles. The Hall–Kier alpha value is -1.84. The molecule has 4 nitrogen and oxygen atoms in total. The molecule has 0 aliphatic rings. The number of rotatable bonds is 4. The van der Waals surface area contributed by atoms with E-state index in [0.29, 0.717) is 12.2 Å². The van der Waals surface area contributed by atoms with Crippen molar-refractivity contribution < 1.29 is 14.3 Å². The van der Waals surface area contributed by atoms with Gasteiger partial charge in [0, 0.05) is 0 Å². The fourth-order valence-electron chi connectivity index (χ4n) is 1.74. The molecule has 1 amide bonds. The van der Waals surface area contributed by atoms with Gasteiger partial charge in [0.15, 0.2) is 0 Å². The maximum atomic E-state index is 11.7. The molecular weight excluding hydrogens is 254 g/mol. The Morgan fingerprint density at radius 2 is 1.85 bits per heavy atom. The summed E-state index contributed by atoms with van der Waals surface area (Å²) in [6.07, 6.45) is 0.119. The number of amides is 1. The molecule has 1 N–H and O–H groups in total. The first kappa shape index (κ1) is 16.2. The zero-order valence-electron chi connectivity index (χ0n) is 12.8. The average Bonchev–Trinajstić information content (AvgIpc) is 2.34. The van der Waals surface area contributed by atoms with Gasteiger partial charge < -0.3 is 14.8 Å². The molecule has 20 heavy (non-hydrogen) atoms. The number of hydrogen-bond acceptors (Lipinski definition) is 3. The normalized spacial score (nSPS) is 12.9. The highest BCUT2D eigenvalue weighted by Gasteiger charge is 2.20. The summed E-state index contributed by atoms with van der Waals surface area (Å²) in [6, 6.07) is 6.95. The Labute approximate surface area is 120 Å². The lowest BCUT2D eigenvalue weighted by Gasteiger charge is -2.22. The van der Waals surface area contributed by atoms with E-state index in [0.717, 1.165) is 11.1 Å². The highest BCUT2D eigenvalue weighted by molar-refractivity contribution is 5.74. The van der Waals surface area contributed by atoms with Gasteiger partial charge in [-0.25, -0.2) is 4.79 Å². The number of benzene rings is 1. The number of hydrogen-bond donors (Lipinski definition) is 1. The van der Waals surface area contributed by atoms with Crippen LogP contribution in [0.4, 0.5) is 4.79 Å². The second-order valence-electron chi connectivity index (χ2n) is 6.08. The SMILES string of the molecule is CC(C)c1cccc(C(C=O)NC(=O)OC(C)(C)C)c1. The van der Waals surface area contributed by atoms with E-state index in [-0.39, 0.29) is 0 Å². The summed E-state index contributed by atoms with van der Waals surface area (Å²) in [6.45, 7) is 9.50. The van der Waals surface area contributed by atoms with Crippen molar-refractivity contribution in [1.82, 2.24) is 5.32 Å². The lowest BCUT2D eigenvalue weighted by atomic mass is 9.98. The fourth-order valence-corrected chi connectivity index (χ4v) is 1.74. The molecule has 0 spiro atoms. The van der Waals surface area contributed by atoms with Crippen LogP contribution < -0.4 is 5.32 Å².